The minimum absolute atomic E-state index is 0.0723. The Morgan fingerprint density at radius 2 is 1.10 bits per heavy atom. The van der Waals surface area contributed by atoms with E-state index in [0.29, 0.717) is 0 Å². The van der Waals surface area contributed by atoms with E-state index in [-0.39, 0.29) is 29.2 Å². The predicted octanol–water partition coefficient (Wildman–Crippen LogP) is 9.18. The first-order valence-electron chi connectivity index (χ1n) is 15.6. The van der Waals surface area contributed by atoms with Crippen LogP contribution in [0, 0.1) is 0 Å². The summed E-state index contributed by atoms with van der Waals surface area (Å²) in [7, 11) is -0.365. The van der Waals surface area contributed by atoms with Crippen LogP contribution in [0.5, 0.6) is 0 Å². The van der Waals surface area contributed by atoms with Crippen molar-refractivity contribution in [2.75, 3.05) is 4.90 Å². The number of hydrogen-bond acceptors (Lipinski definition) is 3. The largest absolute Gasteiger partial charge is 0.494 e. The third-order valence-corrected chi connectivity index (χ3v) is 11.0. The normalized spacial score (nSPS) is 20.1. The maximum atomic E-state index is 6.48. The monoisotopic (exact) mass is 555 g/mol. The highest BCUT2D eigenvalue weighted by Gasteiger charge is 2.52. The predicted molar refractivity (Wildman–Crippen MR) is 176 cm³/mol. The van der Waals surface area contributed by atoms with Crippen molar-refractivity contribution in [2.24, 2.45) is 0 Å². The number of fused-ring (bicyclic) bond motifs is 5. The van der Waals surface area contributed by atoms with Gasteiger partial charge in [-0.2, -0.15) is 0 Å². The fourth-order valence-electron chi connectivity index (χ4n) is 7.72. The molecular formula is C38H42BNO2. The van der Waals surface area contributed by atoms with E-state index in [0.717, 1.165) is 18.3 Å². The Labute approximate surface area is 252 Å². The van der Waals surface area contributed by atoms with Gasteiger partial charge in [0.05, 0.1) is 22.6 Å². The second kappa shape index (κ2) is 9.08. The third kappa shape index (κ3) is 3.61. The molecule has 4 aromatic carbocycles. The molecule has 0 spiro atoms. The Balaban J connectivity index is 1.37. The average Bonchev–Trinajstić information content (AvgIpc) is 3.38. The second-order valence-corrected chi connectivity index (χ2v) is 13.9. The molecule has 42 heavy (non-hydrogen) atoms. The first kappa shape index (κ1) is 27.5. The van der Waals surface area contributed by atoms with Gasteiger partial charge in [-0.1, -0.05) is 88.4 Å². The molecule has 3 aliphatic rings. The molecule has 214 valence electrons. The molecule has 3 nitrogen and oxygen atoms in total. The highest BCUT2D eigenvalue weighted by molar-refractivity contribution is 6.62. The number of anilines is 3. The van der Waals surface area contributed by atoms with Crippen LogP contribution in [-0.4, -0.2) is 18.3 Å². The zero-order valence-corrected chi connectivity index (χ0v) is 26.3. The van der Waals surface area contributed by atoms with Crippen molar-refractivity contribution in [2.45, 2.75) is 90.3 Å². The van der Waals surface area contributed by atoms with Gasteiger partial charge in [-0.3, -0.25) is 0 Å². The summed E-state index contributed by atoms with van der Waals surface area (Å²) in [5.74, 6) is 0. The lowest BCUT2D eigenvalue weighted by Gasteiger charge is -2.42. The molecule has 1 fully saturated rings. The van der Waals surface area contributed by atoms with Crippen molar-refractivity contribution >= 4 is 29.6 Å². The van der Waals surface area contributed by atoms with Crippen molar-refractivity contribution in [3.63, 3.8) is 0 Å². The Morgan fingerprint density at radius 3 is 1.64 bits per heavy atom. The molecule has 4 heteroatoms. The topological polar surface area (TPSA) is 21.7 Å². The van der Waals surface area contributed by atoms with E-state index in [9.17, 15) is 0 Å². The lowest BCUT2D eigenvalue weighted by atomic mass is 9.70. The lowest BCUT2D eigenvalue weighted by Crippen LogP contribution is -2.41. The summed E-state index contributed by atoms with van der Waals surface area (Å²) in [5.41, 5.74) is 12.2. The van der Waals surface area contributed by atoms with Gasteiger partial charge in [0.25, 0.3) is 0 Å². The number of hydrogen-bond donors (Lipinski definition) is 0. The Kier molecular flexibility index (Phi) is 5.95. The maximum absolute atomic E-state index is 6.48. The Morgan fingerprint density at radius 1 is 0.595 bits per heavy atom. The Hall–Kier alpha value is -3.34. The van der Waals surface area contributed by atoms with E-state index in [4.69, 9.17) is 9.31 Å². The molecular weight excluding hydrogens is 513 g/mol. The minimum atomic E-state index is -0.365. The van der Waals surface area contributed by atoms with E-state index < -0.39 is 0 Å². The zero-order valence-electron chi connectivity index (χ0n) is 26.3. The Bertz CT molecular complexity index is 1650. The van der Waals surface area contributed by atoms with Crippen molar-refractivity contribution < 1.29 is 9.31 Å². The van der Waals surface area contributed by atoms with Gasteiger partial charge in [-0.25, -0.2) is 0 Å². The number of nitrogens with zero attached hydrogens (tertiary/aromatic N) is 1. The summed E-state index contributed by atoms with van der Waals surface area (Å²) < 4.78 is 13.0. The standard InChI is InChI=1S/C38H42BNO2/c1-9-38(10-2)31-23-25(39-41-36(5,6)37(7,8)42-39)19-21-27(31)28-22-20-26(24-32(28)38)40-33-17-13-11-15-29(33)35(3,4)30-16-12-14-18-34(30)40/h11-24H,9-10H2,1-8H3. The molecule has 0 unspecified atom stereocenters. The number of para-hydroxylation sites is 2. The van der Waals surface area contributed by atoms with Crippen LogP contribution >= 0.6 is 0 Å². The van der Waals surface area contributed by atoms with Gasteiger partial charge in [0.15, 0.2) is 0 Å². The molecule has 2 heterocycles. The summed E-state index contributed by atoms with van der Waals surface area (Å²) in [6, 6.07) is 31.8. The third-order valence-electron chi connectivity index (χ3n) is 11.0. The van der Waals surface area contributed by atoms with Gasteiger partial charge in [0.1, 0.15) is 0 Å². The van der Waals surface area contributed by atoms with Gasteiger partial charge in [-0.15, -0.1) is 0 Å². The van der Waals surface area contributed by atoms with Crippen molar-refractivity contribution in [1.29, 1.82) is 0 Å². The van der Waals surface area contributed by atoms with E-state index in [2.05, 4.69) is 145 Å². The molecule has 0 saturated carbocycles. The van der Waals surface area contributed by atoms with Crippen LogP contribution in [0.4, 0.5) is 17.1 Å². The van der Waals surface area contributed by atoms with Crippen LogP contribution in [0.15, 0.2) is 84.9 Å². The molecule has 0 N–H and O–H groups in total. The minimum Gasteiger partial charge on any atom is -0.399 e. The molecule has 4 aromatic rings. The maximum Gasteiger partial charge on any atom is 0.494 e. The van der Waals surface area contributed by atoms with Crippen LogP contribution in [0.1, 0.15) is 90.5 Å². The fraction of sp³-hybridized carbons (Fsp3) is 0.368. The lowest BCUT2D eigenvalue weighted by molar-refractivity contribution is 0.00578. The van der Waals surface area contributed by atoms with Crippen LogP contribution in [0.3, 0.4) is 0 Å². The fourth-order valence-corrected chi connectivity index (χ4v) is 7.72. The number of benzene rings is 4. The number of rotatable bonds is 4. The van der Waals surface area contributed by atoms with E-state index >= 15 is 0 Å². The SMILES string of the molecule is CCC1(CC)c2cc(B3OC(C)(C)C(C)(C)O3)ccc2-c2ccc(N3c4ccccc4C(C)(C)c4ccccc43)cc21. The van der Waals surface area contributed by atoms with Crippen molar-refractivity contribution in [3.05, 3.63) is 107 Å². The molecule has 0 atom stereocenters. The summed E-state index contributed by atoms with van der Waals surface area (Å²) >= 11 is 0. The van der Waals surface area contributed by atoms with Gasteiger partial charge >= 0.3 is 7.12 Å². The van der Waals surface area contributed by atoms with Crippen LogP contribution in [0.2, 0.25) is 0 Å². The molecule has 0 aromatic heterocycles. The van der Waals surface area contributed by atoms with Crippen LogP contribution in [0.25, 0.3) is 11.1 Å². The average molecular weight is 556 g/mol. The van der Waals surface area contributed by atoms with Gasteiger partial charge in [0.2, 0.25) is 0 Å². The van der Waals surface area contributed by atoms with Crippen molar-refractivity contribution in [1.82, 2.24) is 0 Å². The highest BCUT2D eigenvalue weighted by atomic mass is 16.7. The first-order valence-corrected chi connectivity index (χ1v) is 15.6. The molecule has 2 aliphatic heterocycles. The summed E-state index contributed by atoms with van der Waals surface area (Å²) in [5, 5.41) is 0. The van der Waals surface area contributed by atoms with Crippen LogP contribution in [-0.2, 0) is 20.1 Å². The smallest absolute Gasteiger partial charge is 0.399 e. The summed E-state index contributed by atoms with van der Waals surface area (Å²) in [6.45, 7) is 17.9. The molecule has 1 saturated heterocycles. The molecule has 0 radical (unpaired) electrons. The van der Waals surface area contributed by atoms with Gasteiger partial charge in [-0.05, 0) is 104 Å². The quantitative estimate of drug-likeness (QED) is 0.234. The van der Waals surface area contributed by atoms with Gasteiger partial charge in [0, 0.05) is 16.5 Å². The first-order chi connectivity index (χ1) is 19.9. The zero-order chi connectivity index (χ0) is 29.7. The van der Waals surface area contributed by atoms with Crippen LogP contribution < -0.4 is 10.4 Å². The van der Waals surface area contributed by atoms with E-state index in [1.54, 1.807) is 0 Å². The molecule has 0 amide bonds. The second-order valence-electron chi connectivity index (χ2n) is 13.9. The van der Waals surface area contributed by atoms with E-state index in [1.165, 1.54) is 50.4 Å². The summed E-state index contributed by atoms with van der Waals surface area (Å²) in [4.78, 5) is 2.48. The highest BCUT2D eigenvalue weighted by Crippen LogP contribution is 2.56. The van der Waals surface area contributed by atoms with E-state index in [1.807, 2.05) is 0 Å². The molecule has 7 rings (SSSR count). The van der Waals surface area contributed by atoms with Gasteiger partial charge < -0.3 is 14.2 Å². The summed E-state index contributed by atoms with van der Waals surface area (Å²) in [6.07, 6.45) is 2.06. The van der Waals surface area contributed by atoms with Crippen molar-refractivity contribution in [3.8, 4) is 11.1 Å². The molecule has 1 aliphatic carbocycles. The molecule has 0 bridgehead atoms.